The highest BCUT2D eigenvalue weighted by atomic mass is 16.7. The molecule has 0 unspecified atom stereocenters. The van der Waals surface area contributed by atoms with Crippen LogP contribution in [-0.4, -0.2) is 45.0 Å². The number of piperidine rings is 1. The van der Waals surface area contributed by atoms with E-state index in [-0.39, 0.29) is 24.3 Å². The fourth-order valence-electron chi connectivity index (χ4n) is 4.10. The Hall–Kier alpha value is -3.03. The van der Waals surface area contributed by atoms with Gasteiger partial charge in [-0.3, -0.25) is 9.36 Å². The van der Waals surface area contributed by atoms with E-state index in [4.69, 9.17) is 9.47 Å². The van der Waals surface area contributed by atoms with Crippen molar-refractivity contribution in [1.82, 2.24) is 19.2 Å². The summed E-state index contributed by atoms with van der Waals surface area (Å²) in [5.41, 5.74) is 0.882. The molecule has 1 aromatic heterocycles. The van der Waals surface area contributed by atoms with E-state index in [0.29, 0.717) is 24.9 Å². The molecule has 1 aliphatic carbocycles. The van der Waals surface area contributed by atoms with Crippen LogP contribution in [0.1, 0.15) is 49.0 Å². The summed E-state index contributed by atoms with van der Waals surface area (Å²) in [5, 5.41) is 4.50. The molecule has 0 radical (unpaired) electrons. The normalized spacial score (nSPS) is 19.3. The van der Waals surface area contributed by atoms with Crippen molar-refractivity contribution < 1.29 is 14.3 Å². The number of carbonyl (C=O) groups is 1. The minimum Gasteiger partial charge on any atom is -0.454 e. The van der Waals surface area contributed by atoms with Gasteiger partial charge < -0.3 is 14.4 Å². The van der Waals surface area contributed by atoms with Crippen molar-refractivity contribution in [2.75, 3.05) is 19.9 Å². The summed E-state index contributed by atoms with van der Waals surface area (Å²) in [5.74, 6) is 2.56. The van der Waals surface area contributed by atoms with Gasteiger partial charge in [0.05, 0.1) is 0 Å². The number of likely N-dealkylation sites (tertiary alicyclic amines) is 1. The first-order chi connectivity index (χ1) is 14.1. The lowest BCUT2D eigenvalue weighted by Crippen LogP contribution is -2.37. The first-order valence-corrected chi connectivity index (χ1v) is 10.1. The van der Waals surface area contributed by atoms with Gasteiger partial charge >= 0.3 is 5.69 Å². The van der Waals surface area contributed by atoms with Gasteiger partial charge in [-0.1, -0.05) is 6.07 Å². The third-order valence-corrected chi connectivity index (χ3v) is 5.88. The minimum absolute atomic E-state index is 0.00159. The van der Waals surface area contributed by atoms with Gasteiger partial charge in [0.25, 0.3) is 0 Å². The second kappa shape index (κ2) is 7.09. The van der Waals surface area contributed by atoms with Crippen molar-refractivity contribution in [3.05, 3.63) is 46.1 Å². The zero-order valence-corrected chi connectivity index (χ0v) is 16.4. The Kier molecular flexibility index (Phi) is 4.41. The average molecular weight is 396 g/mol. The Morgan fingerprint density at radius 3 is 2.66 bits per heavy atom. The molecule has 0 N–H and O–H groups in total. The molecule has 1 amide bonds. The van der Waals surface area contributed by atoms with Gasteiger partial charge in [-0.25, -0.2) is 9.48 Å². The van der Waals surface area contributed by atoms with Crippen LogP contribution in [0.3, 0.4) is 0 Å². The number of fused-ring (bicyclic) bond motifs is 1. The number of aryl methyl sites for hydroxylation is 1. The number of amides is 1. The monoisotopic (exact) mass is 396 g/mol. The number of hydrogen-bond acceptors (Lipinski definition) is 5. The molecule has 0 atom stereocenters. The van der Waals surface area contributed by atoms with Crippen molar-refractivity contribution in [2.24, 2.45) is 7.05 Å². The Morgan fingerprint density at radius 2 is 1.90 bits per heavy atom. The second-order valence-electron chi connectivity index (χ2n) is 7.91. The van der Waals surface area contributed by atoms with E-state index in [1.165, 1.54) is 4.68 Å². The second-order valence-corrected chi connectivity index (χ2v) is 7.91. The van der Waals surface area contributed by atoms with Gasteiger partial charge in [-0.2, -0.15) is 5.10 Å². The summed E-state index contributed by atoms with van der Waals surface area (Å²) in [7, 11) is 1.71. The van der Waals surface area contributed by atoms with Crippen LogP contribution in [0, 0.1) is 0 Å². The zero-order valence-electron chi connectivity index (χ0n) is 16.4. The molecular weight excluding hydrogens is 372 g/mol. The molecule has 8 nitrogen and oxygen atoms in total. The van der Waals surface area contributed by atoms with Crippen LogP contribution in [0.2, 0.25) is 0 Å². The predicted molar refractivity (Wildman–Crippen MR) is 106 cm³/mol. The Balaban J connectivity index is 1.22. The first kappa shape index (κ1) is 18.0. The zero-order chi connectivity index (χ0) is 20.0. The van der Waals surface area contributed by atoms with Crippen LogP contribution in [0.4, 0.5) is 0 Å². The van der Waals surface area contributed by atoms with Crippen molar-refractivity contribution in [2.45, 2.75) is 37.6 Å². The minimum atomic E-state index is -0.0207. The molecule has 8 heteroatoms. The van der Waals surface area contributed by atoms with E-state index in [1.807, 2.05) is 27.7 Å². The van der Waals surface area contributed by atoms with E-state index in [0.717, 1.165) is 42.8 Å². The molecule has 2 fully saturated rings. The molecule has 29 heavy (non-hydrogen) atoms. The first-order valence-electron chi connectivity index (χ1n) is 10.1. The molecule has 152 valence electrons. The summed E-state index contributed by atoms with van der Waals surface area (Å²) in [6.45, 7) is 1.58. The number of ether oxygens (including phenoxy) is 2. The van der Waals surface area contributed by atoms with Gasteiger partial charge in [0, 0.05) is 38.2 Å². The number of benzene rings is 1. The maximum absolute atomic E-state index is 12.6. The molecule has 0 bridgehead atoms. The Morgan fingerprint density at radius 1 is 1.14 bits per heavy atom. The van der Waals surface area contributed by atoms with Crippen LogP contribution in [0.5, 0.6) is 11.5 Å². The summed E-state index contributed by atoms with van der Waals surface area (Å²) in [6, 6.07) is 5.94. The highest BCUT2D eigenvalue weighted by molar-refractivity contribution is 5.92. The summed E-state index contributed by atoms with van der Waals surface area (Å²) in [6.07, 6.45) is 7.18. The largest absolute Gasteiger partial charge is 0.454 e. The van der Waals surface area contributed by atoms with Crippen molar-refractivity contribution in [1.29, 1.82) is 0 Å². The molecule has 3 aliphatic rings. The topological polar surface area (TPSA) is 78.6 Å². The lowest BCUT2D eigenvalue weighted by molar-refractivity contribution is -0.127. The molecule has 5 rings (SSSR count). The van der Waals surface area contributed by atoms with Gasteiger partial charge in [-0.05, 0) is 49.5 Å². The molecule has 1 saturated carbocycles. The highest BCUT2D eigenvalue weighted by Gasteiger charge is 2.34. The van der Waals surface area contributed by atoms with Crippen LogP contribution in [-0.2, 0) is 11.8 Å². The third-order valence-electron chi connectivity index (χ3n) is 5.88. The number of nitrogens with zero attached hydrogens (tertiary/aromatic N) is 4. The SMILES string of the molecule is Cn1nc(C2CCN(C(=O)/C=C/c3ccc4c(c3)OCO4)CC2)n(C2CC2)c1=O. The van der Waals surface area contributed by atoms with Crippen molar-refractivity contribution in [3.63, 3.8) is 0 Å². The maximum Gasteiger partial charge on any atom is 0.345 e. The number of hydrogen-bond donors (Lipinski definition) is 0. The van der Waals surface area contributed by atoms with E-state index >= 15 is 0 Å². The smallest absolute Gasteiger partial charge is 0.345 e. The van der Waals surface area contributed by atoms with Crippen molar-refractivity contribution in [3.8, 4) is 11.5 Å². The molecule has 1 aromatic carbocycles. The van der Waals surface area contributed by atoms with Crippen LogP contribution >= 0.6 is 0 Å². The van der Waals surface area contributed by atoms with Crippen LogP contribution in [0.25, 0.3) is 6.08 Å². The highest BCUT2D eigenvalue weighted by Crippen LogP contribution is 2.37. The third kappa shape index (κ3) is 3.43. The standard InChI is InChI=1S/C21H24N4O4/c1-23-21(27)25(16-4-5-16)20(22-23)15-8-10-24(11-9-15)19(26)7-3-14-2-6-17-18(12-14)29-13-28-17/h2-3,6-7,12,15-16H,4-5,8-11,13H2,1H3/b7-3+. The van der Waals surface area contributed by atoms with E-state index in [2.05, 4.69) is 5.10 Å². The number of rotatable bonds is 4. The van der Waals surface area contributed by atoms with E-state index in [1.54, 1.807) is 19.2 Å². The number of carbonyl (C=O) groups excluding carboxylic acids is 1. The van der Waals surface area contributed by atoms with E-state index < -0.39 is 0 Å². The lowest BCUT2D eigenvalue weighted by Gasteiger charge is -2.31. The Labute approximate surface area is 168 Å². The van der Waals surface area contributed by atoms with Gasteiger partial charge in [-0.15, -0.1) is 0 Å². The summed E-state index contributed by atoms with van der Waals surface area (Å²) in [4.78, 5) is 26.8. The quantitative estimate of drug-likeness (QED) is 0.740. The van der Waals surface area contributed by atoms with Crippen LogP contribution < -0.4 is 15.2 Å². The number of aromatic nitrogens is 3. The fraction of sp³-hybridized carbons (Fsp3) is 0.476. The molecule has 0 spiro atoms. The lowest BCUT2D eigenvalue weighted by atomic mass is 9.95. The fourth-order valence-corrected chi connectivity index (χ4v) is 4.10. The van der Waals surface area contributed by atoms with Gasteiger partial charge in [0.2, 0.25) is 12.7 Å². The van der Waals surface area contributed by atoms with Crippen LogP contribution in [0.15, 0.2) is 29.1 Å². The van der Waals surface area contributed by atoms with E-state index in [9.17, 15) is 9.59 Å². The molecule has 2 aromatic rings. The van der Waals surface area contributed by atoms with Crippen molar-refractivity contribution >= 4 is 12.0 Å². The summed E-state index contributed by atoms with van der Waals surface area (Å²) < 4.78 is 14.0. The summed E-state index contributed by atoms with van der Waals surface area (Å²) >= 11 is 0. The molecule has 2 aliphatic heterocycles. The Bertz CT molecular complexity index is 1030. The molecule has 3 heterocycles. The predicted octanol–water partition coefficient (Wildman–Crippen LogP) is 2.06. The van der Waals surface area contributed by atoms with Gasteiger partial charge in [0.1, 0.15) is 5.82 Å². The van der Waals surface area contributed by atoms with Gasteiger partial charge in [0.15, 0.2) is 11.5 Å². The molecular formula is C21H24N4O4. The average Bonchev–Trinajstić information content (AvgIpc) is 3.38. The molecule has 1 saturated heterocycles. The maximum atomic E-state index is 12.6.